The van der Waals surface area contributed by atoms with Crippen LogP contribution in [0.1, 0.15) is 27.0 Å². The molecule has 0 saturated heterocycles. The number of phenolic OH excluding ortho intramolecular Hbond substituents is 1. The Hall–Kier alpha value is -3.86. The number of benzene rings is 3. The molecule has 0 aliphatic carbocycles. The summed E-state index contributed by atoms with van der Waals surface area (Å²) in [5.74, 6) is -0.444. The zero-order chi connectivity index (χ0) is 20.5. The van der Waals surface area contributed by atoms with Gasteiger partial charge in [0.2, 0.25) is 0 Å². The number of aromatic hydroxyl groups is 1. The van der Waals surface area contributed by atoms with Gasteiger partial charge in [-0.05, 0) is 54.5 Å². The molecule has 0 aromatic heterocycles. The van der Waals surface area contributed by atoms with E-state index in [9.17, 15) is 14.7 Å². The topological polar surface area (TPSA) is 66.8 Å². The quantitative estimate of drug-likeness (QED) is 0.535. The minimum atomic E-state index is -0.409. The average Bonchev–Trinajstić information content (AvgIpc) is 2.73. The van der Waals surface area contributed by atoms with E-state index >= 15 is 0 Å². The van der Waals surface area contributed by atoms with Crippen molar-refractivity contribution < 1.29 is 19.4 Å². The molecule has 5 nitrogen and oxygen atoms in total. The highest BCUT2D eigenvalue weighted by molar-refractivity contribution is 6.43. The van der Waals surface area contributed by atoms with Gasteiger partial charge in [0.15, 0.2) is 11.5 Å². The van der Waals surface area contributed by atoms with E-state index in [4.69, 9.17) is 4.74 Å². The highest BCUT2D eigenvalue weighted by Crippen LogP contribution is 2.34. The van der Waals surface area contributed by atoms with E-state index in [0.717, 1.165) is 5.56 Å². The maximum atomic E-state index is 13.3. The van der Waals surface area contributed by atoms with Crippen molar-refractivity contribution in [1.29, 1.82) is 0 Å². The minimum Gasteiger partial charge on any atom is -0.504 e. The van der Waals surface area contributed by atoms with Crippen LogP contribution in [0.5, 0.6) is 11.5 Å². The lowest BCUT2D eigenvalue weighted by Crippen LogP contribution is -2.41. The van der Waals surface area contributed by atoms with E-state index in [1.807, 2.05) is 19.1 Å². The summed E-state index contributed by atoms with van der Waals surface area (Å²) >= 11 is 0. The van der Waals surface area contributed by atoms with Gasteiger partial charge in [0.25, 0.3) is 11.8 Å². The zero-order valence-electron chi connectivity index (χ0n) is 16.0. The van der Waals surface area contributed by atoms with Gasteiger partial charge in [-0.2, -0.15) is 0 Å². The lowest BCUT2D eigenvalue weighted by atomic mass is 9.91. The molecule has 0 saturated carbocycles. The van der Waals surface area contributed by atoms with Crippen molar-refractivity contribution in [3.63, 3.8) is 0 Å². The molecule has 0 spiro atoms. The highest BCUT2D eigenvalue weighted by atomic mass is 16.5. The molecule has 0 fully saturated rings. The summed E-state index contributed by atoms with van der Waals surface area (Å²) in [6.07, 6.45) is 1.67. The monoisotopic (exact) mass is 385 g/mol. The van der Waals surface area contributed by atoms with Gasteiger partial charge in [-0.15, -0.1) is 0 Å². The first-order valence-corrected chi connectivity index (χ1v) is 9.13. The van der Waals surface area contributed by atoms with E-state index in [-0.39, 0.29) is 11.7 Å². The van der Waals surface area contributed by atoms with E-state index < -0.39 is 5.91 Å². The number of fused-ring (bicyclic) bond motifs is 1. The van der Waals surface area contributed by atoms with Crippen LogP contribution in [0.4, 0.5) is 5.69 Å². The number of hydrogen-bond donors (Lipinski definition) is 1. The first kappa shape index (κ1) is 18.5. The molecule has 4 rings (SSSR count). The second kappa shape index (κ2) is 7.28. The molecule has 0 atom stereocenters. The number of carbonyl (C=O) groups is 2. The van der Waals surface area contributed by atoms with Crippen molar-refractivity contribution in [2.24, 2.45) is 0 Å². The first-order chi connectivity index (χ1) is 14.0. The van der Waals surface area contributed by atoms with Gasteiger partial charge in [0, 0.05) is 11.1 Å². The van der Waals surface area contributed by atoms with Crippen molar-refractivity contribution >= 4 is 29.2 Å². The van der Waals surface area contributed by atoms with Crippen molar-refractivity contribution in [3.05, 3.63) is 89.0 Å². The fourth-order valence-electron chi connectivity index (χ4n) is 3.38. The SMILES string of the molecule is COc1ccc(/C=C2\C(=O)N(c3ccc(C)cc3)C(=O)c3ccccc32)cc1O. The van der Waals surface area contributed by atoms with Crippen LogP contribution in [0.25, 0.3) is 11.6 Å². The highest BCUT2D eigenvalue weighted by Gasteiger charge is 2.35. The standard InChI is InChI=1S/C24H19NO4/c1-15-7-10-17(11-8-15)25-23(27)19-6-4-3-5-18(19)20(24(25)28)13-16-9-12-22(29-2)21(26)14-16/h3-14,26H,1-2H3/b20-13-. The van der Waals surface area contributed by atoms with E-state index in [1.165, 1.54) is 18.1 Å². The van der Waals surface area contributed by atoms with Crippen LogP contribution < -0.4 is 9.64 Å². The van der Waals surface area contributed by atoms with Crippen molar-refractivity contribution in [1.82, 2.24) is 0 Å². The molecule has 0 bridgehead atoms. The average molecular weight is 385 g/mol. The van der Waals surface area contributed by atoms with Crippen LogP contribution in [-0.2, 0) is 4.79 Å². The van der Waals surface area contributed by atoms with E-state index in [1.54, 1.807) is 54.6 Å². The van der Waals surface area contributed by atoms with Crippen LogP contribution in [0.2, 0.25) is 0 Å². The third-order valence-corrected chi connectivity index (χ3v) is 4.89. The van der Waals surface area contributed by atoms with Gasteiger partial charge in [-0.25, -0.2) is 4.90 Å². The smallest absolute Gasteiger partial charge is 0.265 e. The molecule has 1 aliphatic heterocycles. The molecular weight excluding hydrogens is 366 g/mol. The number of amides is 2. The molecule has 3 aromatic rings. The third-order valence-electron chi connectivity index (χ3n) is 4.89. The Morgan fingerprint density at radius 3 is 2.24 bits per heavy atom. The maximum Gasteiger partial charge on any atom is 0.265 e. The number of nitrogens with zero attached hydrogens (tertiary/aromatic N) is 1. The van der Waals surface area contributed by atoms with Gasteiger partial charge in [0.05, 0.1) is 12.8 Å². The van der Waals surface area contributed by atoms with Gasteiger partial charge in [-0.3, -0.25) is 9.59 Å². The minimum absolute atomic E-state index is 0.0233. The van der Waals surface area contributed by atoms with Crippen LogP contribution in [-0.4, -0.2) is 24.0 Å². The summed E-state index contributed by atoms with van der Waals surface area (Å²) in [5, 5.41) is 10.1. The Labute approximate surface area is 168 Å². The Balaban J connectivity index is 1.87. The normalized spacial score (nSPS) is 14.8. The number of phenols is 1. The third kappa shape index (κ3) is 3.27. The molecule has 1 N–H and O–H groups in total. The van der Waals surface area contributed by atoms with Crippen LogP contribution in [0.15, 0.2) is 66.7 Å². The molecule has 0 unspecified atom stereocenters. The lowest BCUT2D eigenvalue weighted by molar-refractivity contribution is -0.112. The van der Waals surface area contributed by atoms with Gasteiger partial charge >= 0.3 is 0 Å². The maximum absolute atomic E-state index is 13.3. The summed E-state index contributed by atoms with van der Waals surface area (Å²) in [6.45, 7) is 1.94. The van der Waals surface area contributed by atoms with Crippen LogP contribution in [0.3, 0.4) is 0 Å². The molecule has 2 amide bonds. The predicted octanol–water partition coefficient (Wildman–Crippen LogP) is 4.44. The zero-order valence-corrected chi connectivity index (χ0v) is 16.0. The van der Waals surface area contributed by atoms with Crippen molar-refractivity contribution in [2.75, 3.05) is 12.0 Å². The number of imide groups is 1. The van der Waals surface area contributed by atoms with E-state index in [0.29, 0.717) is 33.7 Å². The molecule has 0 radical (unpaired) electrons. The number of rotatable bonds is 3. The number of carbonyl (C=O) groups excluding carboxylic acids is 2. The summed E-state index contributed by atoms with van der Waals surface area (Å²) in [7, 11) is 1.47. The Morgan fingerprint density at radius 2 is 1.59 bits per heavy atom. The number of ether oxygens (including phenoxy) is 1. The van der Waals surface area contributed by atoms with Crippen molar-refractivity contribution in [2.45, 2.75) is 6.92 Å². The number of hydrogen-bond acceptors (Lipinski definition) is 4. The molecule has 5 heteroatoms. The molecule has 1 heterocycles. The second-order valence-corrected chi connectivity index (χ2v) is 6.82. The van der Waals surface area contributed by atoms with Gasteiger partial charge in [0.1, 0.15) is 0 Å². The largest absolute Gasteiger partial charge is 0.504 e. The number of methoxy groups -OCH3 is 1. The van der Waals surface area contributed by atoms with Crippen molar-refractivity contribution in [3.8, 4) is 11.5 Å². The fourth-order valence-corrected chi connectivity index (χ4v) is 3.38. The summed E-state index contributed by atoms with van der Waals surface area (Å²) in [6, 6.07) is 19.2. The Bertz CT molecular complexity index is 1150. The second-order valence-electron chi connectivity index (χ2n) is 6.82. The predicted molar refractivity (Wildman–Crippen MR) is 112 cm³/mol. The summed E-state index contributed by atoms with van der Waals surface area (Å²) in [4.78, 5) is 27.6. The van der Waals surface area contributed by atoms with Gasteiger partial charge < -0.3 is 9.84 Å². The Kier molecular flexibility index (Phi) is 4.64. The summed E-state index contributed by atoms with van der Waals surface area (Å²) in [5.41, 5.74) is 3.59. The molecule has 144 valence electrons. The molecule has 1 aliphatic rings. The molecular formula is C24H19NO4. The molecule has 3 aromatic carbocycles. The molecule has 29 heavy (non-hydrogen) atoms. The first-order valence-electron chi connectivity index (χ1n) is 9.13. The number of aryl methyl sites for hydroxylation is 1. The van der Waals surface area contributed by atoms with Gasteiger partial charge in [-0.1, -0.05) is 42.0 Å². The fraction of sp³-hybridized carbons (Fsp3) is 0.0833. The number of anilines is 1. The van der Waals surface area contributed by atoms with Crippen LogP contribution >= 0.6 is 0 Å². The van der Waals surface area contributed by atoms with E-state index in [2.05, 4.69) is 0 Å². The van der Waals surface area contributed by atoms with Crippen LogP contribution in [0, 0.1) is 6.92 Å². The lowest BCUT2D eigenvalue weighted by Gasteiger charge is -2.28. The summed E-state index contributed by atoms with van der Waals surface area (Å²) < 4.78 is 5.08. The Morgan fingerprint density at radius 1 is 0.897 bits per heavy atom.